The smallest absolute Gasteiger partial charge is 0.248 e. The quantitative estimate of drug-likeness (QED) is 0.697. The van der Waals surface area contributed by atoms with Crippen LogP contribution in [0.1, 0.15) is 18.2 Å². The van der Waals surface area contributed by atoms with Gasteiger partial charge in [-0.05, 0) is 25.0 Å². The van der Waals surface area contributed by atoms with Gasteiger partial charge in [-0.2, -0.15) is 0 Å². The number of fused-ring (bicyclic) bond motifs is 3. The van der Waals surface area contributed by atoms with E-state index in [1.807, 2.05) is 0 Å². The fourth-order valence-corrected chi connectivity index (χ4v) is 2.84. The van der Waals surface area contributed by atoms with Crippen molar-refractivity contribution >= 4 is 21.8 Å². The molecule has 0 aliphatic rings. The molecule has 0 unspecified atom stereocenters. The number of rotatable bonds is 1. The lowest BCUT2D eigenvalue weighted by molar-refractivity contribution is 0.959. The molecular weight excluding hydrogens is 224 g/mol. The Balaban J connectivity index is 2.69. The van der Waals surface area contributed by atoms with Crippen LogP contribution in [0.2, 0.25) is 0 Å². The van der Waals surface area contributed by atoms with Gasteiger partial charge in [-0.3, -0.25) is 4.79 Å². The van der Waals surface area contributed by atoms with Crippen LogP contribution in [0, 0.1) is 6.92 Å². The van der Waals surface area contributed by atoms with Crippen molar-refractivity contribution in [1.29, 1.82) is 0 Å². The Morgan fingerprint density at radius 1 is 1.33 bits per heavy atom. The highest BCUT2D eigenvalue weighted by Crippen LogP contribution is 2.30. The Labute approximate surface area is 105 Å². The second-order valence-corrected chi connectivity index (χ2v) is 4.76. The van der Waals surface area contributed by atoms with Crippen LogP contribution < -0.4 is 5.56 Å². The van der Waals surface area contributed by atoms with Gasteiger partial charge in [-0.25, -0.2) is 0 Å². The van der Waals surface area contributed by atoms with Gasteiger partial charge in [0.15, 0.2) is 0 Å². The van der Waals surface area contributed by atoms with Crippen molar-refractivity contribution in [2.75, 3.05) is 0 Å². The van der Waals surface area contributed by atoms with Gasteiger partial charge in [0.25, 0.3) is 0 Å². The van der Waals surface area contributed by atoms with E-state index < -0.39 is 0 Å². The number of hydrogen-bond donors (Lipinski definition) is 1. The van der Waals surface area contributed by atoms with Crippen molar-refractivity contribution in [3.63, 3.8) is 0 Å². The minimum absolute atomic E-state index is 0.0184. The first-order chi connectivity index (χ1) is 8.63. The summed E-state index contributed by atoms with van der Waals surface area (Å²) in [5.41, 5.74) is 4.52. The normalized spacial score (nSPS) is 11.5. The van der Waals surface area contributed by atoms with Crippen molar-refractivity contribution in [3.05, 3.63) is 45.9 Å². The predicted molar refractivity (Wildman–Crippen MR) is 75.2 cm³/mol. The molecule has 3 aromatic rings. The Kier molecular flexibility index (Phi) is 2.30. The van der Waals surface area contributed by atoms with Gasteiger partial charge in [0.05, 0.1) is 5.52 Å². The average molecular weight is 240 g/mol. The van der Waals surface area contributed by atoms with Crippen LogP contribution in [0.5, 0.6) is 0 Å². The van der Waals surface area contributed by atoms with Gasteiger partial charge in [0.1, 0.15) is 0 Å². The van der Waals surface area contributed by atoms with Gasteiger partial charge in [-0.1, -0.05) is 19.1 Å². The lowest BCUT2D eigenvalue weighted by Crippen LogP contribution is -2.08. The summed E-state index contributed by atoms with van der Waals surface area (Å²) in [6.45, 7) is 4.16. The van der Waals surface area contributed by atoms with Gasteiger partial charge < -0.3 is 9.55 Å². The molecule has 3 rings (SSSR count). The molecule has 0 atom stereocenters. The highest BCUT2D eigenvalue weighted by atomic mass is 16.1. The molecule has 1 aromatic carbocycles. The molecule has 92 valence electrons. The number of hydrogen-bond acceptors (Lipinski definition) is 1. The Morgan fingerprint density at radius 3 is 2.83 bits per heavy atom. The van der Waals surface area contributed by atoms with E-state index >= 15 is 0 Å². The predicted octanol–water partition coefficient (Wildman–Crippen LogP) is 2.89. The second-order valence-electron chi connectivity index (χ2n) is 4.76. The largest absolute Gasteiger partial charge is 0.342 e. The molecule has 0 aliphatic heterocycles. The van der Waals surface area contributed by atoms with E-state index in [0.29, 0.717) is 0 Å². The van der Waals surface area contributed by atoms with Crippen LogP contribution in [0.15, 0.2) is 29.1 Å². The first-order valence-electron chi connectivity index (χ1n) is 6.23. The Morgan fingerprint density at radius 2 is 2.11 bits per heavy atom. The molecular formula is C15H16N2O. The van der Waals surface area contributed by atoms with E-state index in [9.17, 15) is 4.79 Å². The monoisotopic (exact) mass is 240 g/mol. The van der Waals surface area contributed by atoms with Crippen LogP contribution >= 0.6 is 0 Å². The Hall–Kier alpha value is -2.03. The lowest BCUT2D eigenvalue weighted by Gasteiger charge is -2.03. The van der Waals surface area contributed by atoms with Crippen molar-refractivity contribution in [2.45, 2.75) is 20.3 Å². The molecule has 0 amide bonds. The number of pyridine rings is 1. The summed E-state index contributed by atoms with van der Waals surface area (Å²) in [4.78, 5) is 14.7. The van der Waals surface area contributed by atoms with Gasteiger partial charge in [0, 0.05) is 35.1 Å². The Bertz CT molecular complexity index is 809. The summed E-state index contributed by atoms with van der Waals surface area (Å²) >= 11 is 0. The van der Waals surface area contributed by atoms with Crippen LogP contribution in [0.3, 0.4) is 0 Å². The third-order valence-electron chi connectivity index (χ3n) is 3.66. The van der Waals surface area contributed by atoms with E-state index in [1.165, 1.54) is 16.5 Å². The van der Waals surface area contributed by atoms with Gasteiger partial charge in [-0.15, -0.1) is 0 Å². The van der Waals surface area contributed by atoms with Crippen LogP contribution in [-0.2, 0) is 13.5 Å². The van der Waals surface area contributed by atoms with E-state index in [0.717, 1.165) is 23.0 Å². The van der Waals surface area contributed by atoms with Crippen LogP contribution in [0.4, 0.5) is 0 Å². The number of H-pyrrole nitrogens is 1. The van der Waals surface area contributed by atoms with E-state index in [-0.39, 0.29) is 5.56 Å². The number of nitrogens with one attached hydrogen (secondary N) is 1. The number of aryl methyl sites for hydroxylation is 3. The molecule has 18 heavy (non-hydrogen) atoms. The van der Waals surface area contributed by atoms with Crippen molar-refractivity contribution in [3.8, 4) is 0 Å². The zero-order valence-electron chi connectivity index (χ0n) is 10.9. The standard InChI is InChI=1S/C15H16N2O/c1-4-11-15-10(8-13(18)16-11)14-9(2)6-5-7-12(14)17(15)3/h5-8H,4H2,1-3H3,(H,16,18). The zero-order valence-corrected chi connectivity index (χ0v) is 10.9. The zero-order chi connectivity index (χ0) is 12.9. The molecule has 0 saturated heterocycles. The maximum Gasteiger partial charge on any atom is 0.248 e. The lowest BCUT2D eigenvalue weighted by atomic mass is 10.1. The first kappa shape index (κ1) is 11.1. The molecule has 2 heterocycles. The van der Waals surface area contributed by atoms with Crippen molar-refractivity contribution < 1.29 is 0 Å². The number of nitrogens with zero attached hydrogens (tertiary/aromatic N) is 1. The molecule has 3 nitrogen and oxygen atoms in total. The molecule has 0 radical (unpaired) electrons. The highest BCUT2D eigenvalue weighted by molar-refractivity contribution is 6.10. The molecule has 0 saturated carbocycles. The molecule has 3 heteroatoms. The molecule has 0 aliphatic carbocycles. The van der Waals surface area contributed by atoms with E-state index in [2.05, 4.69) is 48.6 Å². The fraction of sp³-hybridized carbons (Fsp3) is 0.267. The maximum atomic E-state index is 11.8. The highest BCUT2D eigenvalue weighted by Gasteiger charge is 2.13. The maximum absolute atomic E-state index is 11.8. The minimum atomic E-state index is -0.0184. The summed E-state index contributed by atoms with van der Waals surface area (Å²) in [5.74, 6) is 0. The van der Waals surface area contributed by atoms with Gasteiger partial charge in [0.2, 0.25) is 5.56 Å². The average Bonchev–Trinajstić information content (AvgIpc) is 2.63. The molecule has 0 fully saturated rings. The summed E-state index contributed by atoms with van der Waals surface area (Å²) in [6, 6.07) is 7.97. The minimum Gasteiger partial charge on any atom is -0.342 e. The van der Waals surface area contributed by atoms with E-state index in [4.69, 9.17) is 0 Å². The first-order valence-corrected chi connectivity index (χ1v) is 6.23. The van der Waals surface area contributed by atoms with Crippen LogP contribution in [-0.4, -0.2) is 9.55 Å². The molecule has 2 aromatic heterocycles. The van der Waals surface area contributed by atoms with Gasteiger partial charge >= 0.3 is 0 Å². The van der Waals surface area contributed by atoms with E-state index in [1.54, 1.807) is 6.07 Å². The second kappa shape index (κ2) is 3.73. The summed E-state index contributed by atoms with van der Waals surface area (Å²) in [7, 11) is 2.06. The molecule has 0 bridgehead atoms. The fourth-order valence-electron chi connectivity index (χ4n) is 2.84. The third-order valence-corrected chi connectivity index (χ3v) is 3.66. The number of benzene rings is 1. The third kappa shape index (κ3) is 1.33. The van der Waals surface area contributed by atoms with Crippen LogP contribution in [0.25, 0.3) is 21.8 Å². The SMILES string of the molecule is CCc1[nH]c(=O)cc2c3c(C)cccc3n(C)c12. The number of aromatic amines is 1. The molecule has 1 N–H and O–H groups in total. The summed E-state index contributed by atoms with van der Waals surface area (Å²) in [5, 5.41) is 2.25. The van der Waals surface area contributed by atoms with Crippen molar-refractivity contribution in [2.24, 2.45) is 7.05 Å². The number of aromatic nitrogens is 2. The summed E-state index contributed by atoms with van der Waals surface area (Å²) < 4.78 is 2.17. The molecule has 0 spiro atoms. The topological polar surface area (TPSA) is 37.8 Å². The summed E-state index contributed by atoms with van der Waals surface area (Å²) in [6.07, 6.45) is 0.829. The van der Waals surface area contributed by atoms with Crippen molar-refractivity contribution in [1.82, 2.24) is 9.55 Å².